The van der Waals surface area contributed by atoms with Crippen LogP contribution in [0, 0.1) is 6.92 Å². The molecule has 1 atom stereocenters. The Bertz CT molecular complexity index is 380. The molecule has 1 aromatic carbocycles. The van der Waals surface area contributed by atoms with E-state index in [1.165, 1.54) is 0 Å². The summed E-state index contributed by atoms with van der Waals surface area (Å²) in [6.07, 6.45) is 0. The summed E-state index contributed by atoms with van der Waals surface area (Å²) >= 11 is 0. The Morgan fingerprint density at radius 2 is 1.88 bits per heavy atom. The van der Waals surface area contributed by atoms with E-state index < -0.39 is 6.04 Å². The molecule has 3 nitrogen and oxygen atoms in total. The van der Waals surface area contributed by atoms with Crippen LogP contribution in [-0.2, 0) is 5.41 Å². The van der Waals surface area contributed by atoms with E-state index in [4.69, 9.17) is 10.8 Å². The number of aliphatic hydroxyl groups excluding tert-OH is 1. The first-order chi connectivity index (χ1) is 7.29. The molecule has 0 aromatic heterocycles. The highest BCUT2D eigenvalue weighted by Gasteiger charge is 2.23. The molecule has 3 heteroatoms. The van der Waals surface area contributed by atoms with Gasteiger partial charge in [-0.05, 0) is 23.5 Å². The van der Waals surface area contributed by atoms with Gasteiger partial charge >= 0.3 is 0 Å². The van der Waals surface area contributed by atoms with E-state index in [1.54, 1.807) is 0 Å². The third-order valence-electron chi connectivity index (χ3n) is 2.81. The van der Waals surface area contributed by atoms with Crippen molar-refractivity contribution in [1.82, 2.24) is 0 Å². The van der Waals surface area contributed by atoms with Gasteiger partial charge in [-0.3, -0.25) is 0 Å². The van der Waals surface area contributed by atoms with Crippen molar-refractivity contribution in [2.75, 3.05) is 6.61 Å². The summed E-state index contributed by atoms with van der Waals surface area (Å²) in [4.78, 5) is 0. The molecule has 1 unspecified atom stereocenters. The molecule has 1 rings (SSSR count). The number of rotatable bonds is 2. The molecular formula is C13H21NO2. The first-order valence-corrected chi connectivity index (χ1v) is 5.48. The maximum Gasteiger partial charge on any atom is 0.124 e. The minimum absolute atomic E-state index is 0.137. The molecule has 4 N–H and O–H groups in total. The van der Waals surface area contributed by atoms with Gasteiger partial charge < -0.3 is 15.9 Å². The van der Waals surface area contributed by atoms with Crippen LogP contribution in [0.25, 0.3) is 0 Å². The number of benzene rings is 1. The topological polar surface area (TPSA) is 66.5 Å². The average molecular weight is 223 g/mol. The van der Waals surface area contributed by atoms with Crippen molar-refractivity contribution in [3.8, 4) is 5.75 Å². The zero-order valence-corrected chi connectivity index (χ0v) is 10.4. The maximum atomic E-state index is 10.2. The van der Waals surface area contributed by atoms with E-state index in [1.807, 2.05) is 39.8 Å². The number of aromatic hydroxyl groups is 1. The SMILES string of the molecule is Cc1ccc(C(C)(C)C)c(O)c1C(N)CO. The third kappa shape index (κ3) is 2.36. The summed E-state index contributed by atoms with van der Waals surface area (Å²) in [5.74, 6) is 0.217. The summed E-state index contributed by atoms with van der Waals surface area (Å²) in [6.45, 7) is 7.82. The highest BCUT2D eigenvalue weighted by Crippen LogP contribution is 2.36. The number of nitrogens with two attached hydrogens (primary N) is 1. The van der Waals surface area contributed by atoms with Crippen LogP contribution in [0.5, 0.6) is 5.75 Å². The Balaban J connectivity index is 3.39. The third-order valence-corrected chi connectivity index (χ3v) is 2.81. The van der Waals surface area contributed by atoms with Gasteiger partial charge in [-0.2, -0.15) is 0 Å². The van der Waals surface area contributed by atoms with Crippen LogP contribution in [0.1, 0.15) is 43.5 Å². The van der Waals surface area contributed by atoms with Crippen LogP contribution in [0.4, 0.5) is 0 Å². The van der Waals surface area contributed by atoms with Crippen molar-refractivity contribution in [2.45, 2.75) is 39.2 Å². The highest BCUT2D eigenvalue weighted by molar-refractivity contribution is 5.49. The molecule has 0 saturated carbocycles. The van der Waals surface area contributed by atoms with Gasteiger partial charge in [0.15, 0.2) is 0 Å². The van der Waals surface area contributed by atoms with Gasteiger partial charge in [0.1, 0.15) is 5.75 Å². The van der Waals surface area contributed by atoms with E-state index in [2.05, 4.69) is 0 Å². The Morgan fingerprint density at radius 3 is 2.31 bits per heavy atom. The molecule has 0 heterocycles. The molecule has 0 fully saturated rings. The number of aryl methyl sites for hydroxylation is 1. The predicted molar refractivity (Wildman–Crippen MR) is 65.6 cm³/mol. The molecule has 0 aliphatic carbocycles. The minimum Gasteiger partial charge on any atom is -0.507 e. The highest BCUT2D eigenvalue weighted by atomic mass is 16.3. The van der Waals surface area contributed by atoms with E-state index in [0.717, 1.165) is 11.1 Å². The smallest absolute Gasteiger partial charge is 0.124 e. The molecule has 1 aromatic rings. The molecule has 0 saturated heterocycles. The van der Waals surface area contributed by atoms with Gasteiger partial charge in [-0.1, -0.05) is 32.9 Å². The number of hydrogen-bond donors (Lipinski definition) is 3. The molecule has 0 spiro atoms. The standard InChI is InChI=1S/C13H21NO2/c1-8-5-6-9(13(2,3)4)12(16)11(8)10(14)7-15/h5-6,10,15-16H,7,14H2,1-4H3. The lowest BCUT2D eigenvalue weighted by Crippen LogP contribution is -2.19. The summed E-state index contributed by atoms with van der Waals surface area (Å²) in [7, 11) is 0. The van der Waals surface area contributed by atoms with Crippen LogP contribution >= 0.6 is 0 Å². The predicted octanol–water partition coefficient (Wildman–Crippen LogP) is 1.99. The van der Waals surface area contributed by atoms with Gasteiger partial charge in [-0.25, -0.2) is 0 Å². The van der Waals surface area contributed by atoms with Crippen LogP contribution < -0.4 is 5.73 Å². The molecule has 0 radical (unpaired) electrons. The van der Waals surface area contributed by atoms with E-state index in [9.17, 15) is 5.11 Å². The van der Waals surface area contributed by atoms with E-state index in [0.29, 0.717) is 5.56 Å². The molecular weight excluding hydrogens is 202 g/mol. The van der Waals surface area contributed by atoms with Crippen LogP contribution in [0.15, 0.2) is 12.1 Å². The summed E-state index contributed by atoms with van der Waals surface area (Å²) < 4.78 is 0. The van der Waals surface area contributed by atoms with Gasteiger partial charge in [0.25, 0.3) is 0 Å². The summed E-state index contributed by atoms with van der Waals surface area (Å²) in [5.41, 5.74) is 8.08. The van der Waals surface area contributed by atoms with E-state index >= 15 is 0 Å². The molecule has 90 valence electrons. The largest absolute Gasteiger partial charge is 0.507 e. The Kier molecular flexibility index (Phi) is 3.61. The molecule has 0 amide bonds. The van der Waals surface area contributed by atoms with Crippen LogP contribution in [0.3, 0.4) is 0 Å². The molecule has 16 heavy (non-hydrogen) atoms. The van der Waals surface area contributed by atoms with Crippen molar-refractivity contribution in [1.29, 1.82) is 0 Å². The first kappa shape index (κ1) is 13.0. The van der Waals surface area contributed by atoms with Gasteiger partial charge in [-0.15, -0.1) is 0 Å². The minimum atomic E-state index is -0.526. The Morgan fingerprint density at radius 1 is 1.31 bits per heavy atom. The number of phenols is 1. The Labute approximate surface area is 96.9 Å². The van der Waals surface area contributed by atoms with Crippen molar-refractivity contribution in [2.24, 2.45) is 5.73 Å². The lowest BCUT2D eigenvalue weighted by molar-refractivity contribution is 0.264. The first-order valence-electron chi connectivity index (χ1n) is 5.48. The van der Waals surface area contributed by atoms with Crippen molar-refractivity contribution in [3.63, 3.8) is 0 Å². The van der Waals surface area contributed by atoms with Crippen molar-refractivity contribution >= 4 is 0 Å². The fourth-order valence-corrected chi connectivity index (χ4v) is 1.87. The van der Waals surface area contributed by atoms with Gasteiger partial charge in [0.2, 0.25) is 0 Å². The number of hydrogen-bond acceptors (Lipinski definition) is 3. The molecule has 0 bridgehead atoms. The molecule has 0 aliphatic rings. The molecule has 0 aliphatic heterocycles. The van der Waals surface area contributed by atoms with Crippen molar-refractivity contribution < 1.29 is 10.2 Å². The van der Waals surface area contributed by atoms with Crippen molar-refractivity contribution in [3.05, 3.63) is 28.8 Å². The fraction of sp³-hybridized carbons (Fsp3) is 0.538. The number of aliphatic hydroxyl groups is 1. The summed E-state index contributed by atoms with van der Waals surface area (Å²) in [5, 5.41) is 19.3. The quantitative estimate of drug-likeness (QED) is 0.718. The van der Waals surface area contributed by atoms with Gasteiger partial charge in [0, 0.05) is 5.56 Å². The summed E-state index contributed by atoms with van der Waals surface area (Å²) in [6, 6.07) is 3.32. The maximum absolute atomic E-state index is 10.2. The second-order valence-electron chi connectivity index (χ2n) is 5.23. The zero-order chi connectivity index (χ0) is 12.5. The second kappa shape index (κ2) is 4.44. The van der Waals surface area contributed by atoms with Crippen LogP contribution in [-0.4, -0.2) is 16.8 Å². The monoisotopic (exact) mass is 223 g/mol. The average Bonchev–Trinajstić information content (AvgIpc) is 2.15. The Hall–Kier alpha value is -1.06. The lowest BCUT2D eigenvalue weighted by atomic mass is 9.83. The number of phenolic OH excluding ortho intramolecular Hbond substituents is 1. The zero-order valence-electron chi connectivity index (χ0n) is 10.4. The second-order valence-corrected chi connectivity index (χ2v) is 5.23. The van der Waals surface area contributed by atoms with Crippen LogP contribution in [0.2, 0.25) is 0 Å². The van der Waals surface area contributed by atoms with Gasteiger partial charge in [0.05, 0.1) is 12.6 Å². The normalized spacial score (nSPS) is 13.9. The van der Waals surface area contributed by atoms with E-state index in [-0.39, 0.29) is 17.8 Å². The fourth-order valence-electron chi connectivity index (χ4n) is 1.87. The lowest BCUT2D eigenvalue weighted by Gasteiger charge is -2.24.